The van der Waals surface area contributed by atoms with Crippen LogP contribution in [-0.4, -0.2) is 18.5 Å². The maximum Gasteiger partial charge on any atom is 0.310 e. The predicted molar refractivity (Wildman–Crippen MR) is 74.8 cm³/mol. The molecule has 3 rings (SSSR count). The minimum Gasteiger partial charge on any atom is -0.455 e. The lowest BCUT2D eigenvalue weighted by Gasteiger charge is -2.16. The molecule has 3 unspecified atom stereocenters. The summed E-state index contributed by atoms with van der Waals surface area (Å²) in [6.07, 6.45) is 6.05. The van der Waals surface area contributed by atoms with Crippen LogP contribution in [-0.2, 0) is 14.3 Å². The van der Waals surface area contributed by atoms with E-state index in [9.17, 15) is 14.0 Å². The van der Waals surface area contributed by atoms with Crippen LogP contribution < -0.4 is 5.32 Å². The molecule has 2 bridgehead atoms. The number of carbonyl (C=O) groups is 2. The first-order valence-electron chi connectivity index (χ1n) is 7.02. The molecular formula is C16H16FNO3. The Kier molecular flexibility index (Phi) is 3.73. The summed E-state index contributed by atoms with van der Waals surface area (Å²) >= 11 is 0. The van der Waals surface area contributed by atoms with Gasteiger partial charge in [-0.3, -0.25) is 9.59 Å². The number of ether oxygens (including phenoxy) is 1. The normalized spacial score (nSPS) is 25.9. The largest absolute Gasteiger partial charge is 0.455 e. The van der Waals surface area contributed by atoms with E-state index in [0.717, 1.165) is 12.8 Å². The van der Waals surface area contributed by atoms with E-state index in [2.05, 4.69) is 17.5 Å². The highest BCUT2D eigenvalue weighted by molar-refractivity contribution is 5.92. The Morgan fingerprint density at radius 1 is 1.19 bits per heavy atom. The van der Waals surface area contributed by atoms with Crippen LogP contribution in [0.1, 0.15) is 12.8 Å². The van der Waals surface area contributed by atoms with Gasteiger partial charge in [-0.1, -0.05) is 12.2 Å². The molecule has 0 radical (unpaired) electrons. The lowest BCUT2D eigenvalue weighted by atomic mass is 9.94. The van der Waals surface area contributed by atoms with Crippen molar-refractivity contribution < 1.29 is 18.7 Å². The van der Waals surface area contributed by atoms with Crippen molar-refractivity contribution in [3.63, 3.8) is 0 Å². The van der Waals surface area contributed by atoms with E-state index < -0.39 is 5.91 Å². The molecule has 21 heavy (non-hydrogen) atoms. The van der Waals surface area contributed by atoms with Crippen molar-refractivity contribution in [1.29, 1.82) is 0 Å². The van der Waals surface area contributed by atoms with E-state index >= 15 is 0 Å². The zero-order chi connectivity index (χ0) is 14.8. The molecule has 1 aromatic rings. The summed E-state index contributed by atoms with van der Waals surface area (Å²) in [6.45, 7) is -0.312. The lowest BCUT2D eigenvalue weighted by Crippen LogP contribution is -2.26. The van der Waals surface area contributed by atoms with Gasteiger partial charge in [-0.05, 0) is 48.9 Å². The SMILES string of the molecule is O=C(COC(=O)C1CC2C=CC1C2)Nc1ccc(F)cc1. The Labute approximate surface area is 122 Å². The van der Waals surface area contributed by atoms with E-state index in [1.165, 1.54) is 24.3 Å². The number of hydrogen-bond acceptors (Lipinski definition) is 3. The third-order valence-electron chi connectivity index (χ3n) is 4.06. The second-order valence-corrected chi connectivity index (χ2v) is 5.55. The minimum atomic E-state index is -0.423. The van der Waals surface area contributed by atoms with E-state index in [1.807, 2.05) is 0 Å². The van der Waals surface area contributed by atoms with E-state index in [0.29, 0.717) is 11.6 Å². The molecule has 1 fully saturated rings. The average Bonchev–Trinajstić information content (AvgIpc) is 3.10. The average molecular weight is 289 g/mol. The summed E-state index contributed by atoms with van der Waals surface area (Å²) in [4.78, 5) is 23.6. The van der Waals surface area contributed by atoms with Gasteiger partial charge >= 0.3 is 5.97 Å². The summed E-state index contributed by atoms with van der Waals surface area (Å²) in [5.41, 5.74) is 0.473. The molecule has 0 heterocycles. The van der Waals surface area contributed by atoms with E-state index in [1.54, 1.807) is 0 Å². The molecule has 2 aliphatic carbocycles. The number of fused-ring (bicyclic) bond motifs is 2. The molecule has 3 atom stereocenters. The van der Waals surface area contributed by atoms with Crippen molar-refractivity contribution in [3.8, 4) is 0 Å². The molecular weight excluding hydrogens is 273 g/mol. The molecule has 1 N–H and O–H groups in total. The quantitative estimate of drug-likeness (QED) is 0.684. The van der Waals surface area contributed by atoms with Gasteiger partial charge in [0, 0.05) is 5.69 Å². The highest BCUT2D eigenvalue weighted by Crippen LogP contribution is 2.43. The Morgan fingerprint density at radius 2 is 1.95 bits per heavy atom. The van der Waals surface area contributed by atoms with Gasteiger partial charge in [0.1, 0.15) is 5.82 Å². The van der Waals surface area contributed by atoms with E-state index in [-0.39, 0.29) is 30.2 Å². The molecule has 4 nitrogen and oxygen atoms in total. The zero-order valence-electron chi connectivity index (χ0n) is 11.4. The fourth-order valence-corrected chi connectivity index (χ4v) is 3.03. The first-order valence-corrected chi connectivity index (χ1v) is 7.02. The second kappa shape index (κ2) is 5.68. The Bertz CT molecular complexity index is 582. The standard InChI is InChI=1S/C16H16FNO3/c17-12-3-5-13(6-4-12)18-15(19)9-21-16(20)14-8-10-1-2-11(14)7-10/h1-6,10-11,14H,7-9H2,(H,18,19). The first kappa shape index (κ1) is 13.8. The third-order valence-corrected chi connectivity index (χ3v) is 4.06. The van der Waals surface area contributed by atoms with Crippen LogP contribution in [0.2, 0.25) is 0 Å². The smallest absolute Gasteiger partial charge is 0.310 e. The van der Waals surface area contributed by atoms with Gasteiger partial charge < -0.3 is 10.1 Å². The van der Waals surface area contributed by atoms with Crippen LogP contribution in [0.25, 0.3) is 0 Å². The number of carbonyl (C=O) groups excluding carboxylic acids is 2. The molecule has 5 heteroatoms. The third kappa shape index (κ3) is 3.12. The van der Waals surface area contributed by atoms with Gasteiger partial charge in [-0.15, -0.1) is 0 Å². The molecule has 0 spiro atoms. The molecule has 0 aliphatic heterocycles. The van der Waals surface area contributed by atoms with Crippen LogP contribution in [0.3, 0.4) is 0 Å². The van der Waals surface area contributed by atoms with Crippen molar-refractivity contribution in [3.05, 3.63) is 42.2 Å². The summed E-state index contributed by atoms with van der Waals surface area (Å²) in [6, 6.07) is 5.41. The number of amides is 1. The number of benzene rings is 1. The van der Waals surface area contributed by atoms with Crippen molar-refractivity contribution in [2.45, 2.75) is 12.8 Å². The second-order valence-electron chi connectivity index (χ2n) is 5.55. The molecule has 0 saturated heterocycles. The number of hydrogen-bond donors (Lipinski definition) is 1. The molecule has 1 saturated carbocycles. The lowest BCUT2D eigenvalue weighted by molar-refractivity contribution is -0.152. The van der Waals surface area contributed by atoms with Gasteiger partial charge in [-0.25, -0.2) is 4.39 Å². The summed E-state index contributed by atoms with van der Waals surface area (Å²) in [5, 5.41) is 2.55. The summed E-state index contributed by atoms with van der Waals surface area (Å²) in [5.74, 6) is -0.458. The fraction of sp³-hybridized carbons (Fsp3) is 0.375. The Hall–Kier alpha value is -2.17. The number of rotatable bonds is 4. The van der Waals surface area contributed by atoms with Crippen LogP contribution in [0.4, 0.5) is 10.1 Å². The number of allylic oxidation sites excluding steroid dienone is 2. The monoisotopic (exact) mass is 289 g/mol. The molecule has 2 aliphatic rings. The van der Waals surface area contributed by atoms with Crippen LogP contribution in [0.5, 0.6) is 0 Å². The molecule has 1 amide bonds. The number of esters is 1. The van der Waals surface area contributed by atoms with Gasteiger partial charge in [0.05, 0.1) is 5.92 Å². The summed E-state index contributed by atoms with van der Waals surface area (Å²) < 4.78 is 17.8. The van der Waals surface area contributed by atoms with Gasteiger partial charge in [0.25, 0.3) is 5.91 Å². The van der Waals surface area contributed by atoms with Gasteiger partial charge in [0.2, 0.25) is 0 Å². The van der Waals surface area contributed by atoms with E-state index in [4.69, 9.17) is 4.74 Å². The Balaban J connectivity index is 1.46. The maximum atomic E-state index is 12.7. The van der Waals surface area contributed by atoms with Crippen molar-refractivity contribution in [2.24, 2.45) is 17.8 Å². The highest BCUT2D eigenvalue weighted by atomic mass is 19.1. The topological polar surface area (TPSA) is 55.4 Å². The van der Waals surface area contributed by atoms with Crippen LogP contribution in [0, 0.1) is 23.6 Å². The van der Waals surface area contributed by atoms with Crippen molar-refractivity contribution in [2.75, 3.05) is 11.9 Å². The van der Waals surface area contributed by atoms with Crippen molar-refractivity contribution in [1.82, 2.24) is 0 Å². The molecule has 110 valence electrons. The molecule has 1 aromatic carbocycles. The Morgan fingerprint density at radius 3 is 2.57 bits per heavy atom. The highest BCUT2D eigenvalue weighted by Gasteiger charge is 2.40. The molecule has 0 aromatic heterocycles. The zero-order valence-corrected chi connectivity index (χ0v) is 11.4. The van der Waals surface area contributed by atoms with Crippen LogP contribution >= 0.6 is 0 Å². The van der Waals surface area contributed by atoms with Crippen molar-refractivity contribution >= 4 is 17.6 Å². The fourth-order valence-electron chi connectivity index (χ4n) is 3.03. The van der Waals surface area contributed by atoms with Crippen LogP contribution in [0.15, 0.2) is 36.4 Å². The maximum absolute atomic E-state index is 12.7. The summed E-state index contributed by atoms with van der Waals surface area (Å²) in [7, 11) is 0. The van der Waals surface area contributed by atoms with Gasteiger partial charge in [-0.2, -0.15) is 0 Å². The minimum absolute atomic E-state index is 0.112. The van der Waals surface area contributed by atoms with Gasteiger partial charge in [0.15, 0.2) is 6.61 Å². The number of nitrogens with one attached hydrogen (secondary N) is 1. The number of anilines is 1. The first-order chi connectivity index (χ1) is 10.1. The predicted octanol–water partition coefficient (Wildman–Crippen LogP) is 2.52. The number of halogens is 1.